The topological polar surface area (TPSA) is 67.8 Å². The lowest BCUT2D eigenvalue weighted by atomic mass is 10.3. The van der Waals surface area contributed by atoms with E-state index in [0.29, 0.717) is 10.6 Å². The second kappa shape index (κ2) is 7.83. The molecule has 0 unspecified atom stereocenters. The van der Waals surface area contributed by atoms with Gasteiger partial charge in [-0.2, -0.15) is 13.2 Å². The molecule has 0 spiro atoms. The van der Waals surface area contributed by atoms with E-state index in [2.05, 4.69) is 20.3 Å². The van der Waals surface area contributed by atoms with Crippen LogP contribution in [-0.2, 0) is 11.0 Å². The summed E-state index contributed by atoms with van der Waals surface area (Å²) in [5.41, 5.74) is -0.356. The first kappa shape index (κ1) is 18.3. The molecule has 3 rings (SSSR count). The van der Waals surface area contributed by atoms with Crippen LogP contribution in [0.2, 0.25) is 0 Å². The number of nitrogens with zero attached hydrogens (tertiary/aromatic N) is 3. The Morgan fingerprint density at radius 3 is 2.73 bits per heavy atom. The highest BCUT2D eigenvalue weighted by atomic mass is 32.2. The predicted molar refractivity (Wildman–Crippen MR) is 93.9 cm³/mol. The molecule has 0 saturated heterocycles. The minimum Gasteiger partial charge on any atom is -0.324 e. The largest absolute Gasteiger partial charge is 0.433 e. The average molecular weight is 396 g/mol. The van der Waals surface area contributed by atoms with Crippen LogP contribution in [0.1, 0.15) is 5.69 Å². The van der Waals surface area contributed by atoms with E-state index < -0.39 is 11.9 Å². The summed E-state index contributed by atoms with van der Waals surface area (Å²) in [6, 6.07) is 7.63. The zero-order valence-corrected chi connectivity index (χ0v) is 14.7. The third-order valence-electron chi connectivity index (χ3n) is 3.05. The molecule has 0 aliphatic heterocycles. The molecule has 3 heterocycles. The summed E-state index contributed by atoms with van der Waals surface area (Å²) in [5.74, 6) is -0.512. The van der Waals surface area contributed by atoms with Crippen LogP contribution >= 0.6 is 23.1 Å². The van der Waals surface area contributed by atoms with Gasteiger partial charge in [-0.25, -0.2) is 9.97 Å². The number of alkyl halides is 3. The standard InChI is InChI=1S/C16H11F3N4OS2/c17-16(18,19)13-7-11(12-4-2-6-25-12)22-15(23-13)26-9-14(24)21-10-3-1-5-20-8-10/h1-8H,9H2,(H,21,24). The van der Waals surface area contributed by atoms with E-state index in [0.717, 1.165) is 17.8 Å². The Balaban J connectivity index is 1.76. The molecule has 26 heavy (non-hydrogen) atoms. The number of halogens is 3. The molecule has 3 aromatic heterocycles. The van der Waals surface area contributed by atoms with Gasteiger partial charge in [-0.1, -0.05) is 17.8 Å². The fraction of sp³-hybridized carbons (Fsp3) is 0.125. The minimum atomic E-state index is -4.60. The van der Waals surface area contributed by atoms with Crippen LogP contribution in [0, 0.1) is 0 Å². The van der Waals surface area contributed by atoms with Crippen LogP contribution in [-0.4, -0.2) is 26.6 Å². The molecule has 0 fully saturated rings. The van der Waals surface area contributed by atoms with Gasteiger partial charge >= 0.3 is 6.18 Å². The Morgan fingerprint density at radius 1 is 1.23 bits per heavy atom. The van der Waals surface area contributed by atoms with Gasteiger partial charge in [0.2, 0.25) is 5.91 Å². The molecular formula is C16H11F3N4OS2. The van der Waals surface area contributed by atoms with Gasteiger partial charge < -0.3 is 5.32 Å². The lowest BCUT2D eigenvalue weighted by Gasteiger charge is -2.09. The zero-order valence-electron chi connectivity index (χ0n) is 13.0. The fourth-order valence-electron chi connectivity index (χ4n) is 1.95. The number of carbonyl (C=O) groups excluding carboxylic acids is 1. The monoisotopic (exact) mass is 396 g/mol. The highest BCUT2D eigenvalue weighted by Crippen LogP contribution is 2.33. The quantitative estimate of drug-likeness (QED) is 0.513. The highest BCUT2D eigenvalue weighted by Gasteiger charge is 2.34. The van der Waals surface area contributed by atoms with Crippen molar-refractivity contribution in [1.29, 1.82) is 0 Å². The van der Waals surface area contributed by atoms with Crippen LogP contribution in [0.5, 0.6) is 0 Å². The summed E-state index contributed by atoms with van der Waals surface area (Å²) in [6.45, 7) is 0. The molecule has 0 aliphatic rings. The number of aromatic nitrogens is 3. The van der Waals surface area contributed by atoms with Gasteiger partial charge in [0.15, 0.2) is 5.16 Å². The summed E-state index contributed by atoms with van der Waals surface area (Å²) in [4.78, 5) is 24.1. The average Bonchev–Trinajstić information content (AvgIpc) is 3.14. The number of thioether (sulfide) groups is 1. The molecule has 0 radical (unpaired) electrons. The number of amides is 1. The van der Waals surface area contributed by atoms with Crippen LogP contribution in [0.3, 0.4) is 0 Å². The summed E-state index contributed by atoms with van der Waals surface area (Å²) < 4.78 is 39.3. The number of carbonyl (C=O) groups is 1. The maximum atomic E-state index is 13.1. The maximum absolute atomic E-state index is 13.1. The van der Waals surface area contributed by atoms with Crippen molar-refractivity contribution in [3.63, 3.8) is 0 Å². The van der Waals surface area contributed by atoms with Gasteiger partial charge in [0.05, 0.1) is 28.2 Å². The third kappa shape index (κ3) is 4.79. The fourth-order valence-corrected chi connectivity index (χ4v) is 3.29. The smallest absolute Gasteiger partial charge is 0.324 e. The molecule has 1 amide bonds. The van der Waals surface area contributed by atoms with E-state index in [1.165, 1.54) is 17.5 Å². The Morgan fingerprint density at radius 2 is 2.08 bits per heavy atom. The van der Waals surface area contributed by atoms with Crippen LogP contribution in [0.25, 0.3) is 10.6 Å². The van der Waals surface area contributed by atoms with Crippen molar-refractivity contribution < 1.29 is 18.0 Å². The van der Waals surface area contributed by atoms with Crippen molar-refractivity contribution in [2.24, 2.45) is 0 Å². The van der Waals surface area contributed by atoms with Crippen molar-refractivity contribution >= 4 is 34.7 Å². The van der Waals surface area contributed by atoms with Gasteiger partial charge in [0, 0.05) is 6.20 Å². The zero-order chi connectivity index (χ0) is 18.6. The second-order valence-corrected chi connectivity index (χ2v) is 6.86. The van der Waals surface area contributed by atoms with E-state index in [4.69, 9.17) is 0 Å². The van der Waals surface area contributed by atoms with Crippen LogP contribution < -0.4 is 5.32 Å². The molecule has 10 heteroatoms. The molecule has 134 valence electrons. The molecule has 0 atom stereocenters. The van der Waals surface area contributed by atoms with Gasteiger partial charge in [-0.05, 0) is 29.6 Å². The highest BCUT2D eigenvalue weighted by molar-refractivity contribution is 7.99. The van der Waals surface area contributed by atoms with E-state index in [1.54, 1.807) is 35.8 Å². The molecule has 0 aromatic carbocycles. The number of hydrogen-bond donors (Lipinski definition) is 1. The molecule has 5 nitrogen and oxygen atoms in total. The molecule has 1 N–H and O–H groups in total. The van der Waals surface area contributed by atoms with Crippen molar-refractivity contribution in [2.75, 3.05) is 11.1 Å². The second-order valence-electron chi connectivity index (χ2n) is 4.97. The number of rotatable bonds is 5. The first-order chi connectivity index (χ1) is 12.4. The first-order valence-electron chi connectivity index (χ1n) is 7.24. The normalized spacial score (nSPS) is 11.3. The molecular weight excluding hydrogens is 385 g/mol. The molecule has 0 saturated carbocycles. The Hall–Kier alpha value is -2.46. The minimum absolute atomic E-state index is 0.107. The maximum Gasteiger partial charge on any atom is 0.433 e. The van der Waals surface area contributed by atoms with Crippen molar-refractivity contribution in [2.45, 2.75) is 11.3 Å². The van der Waals surface area contributed by atoms with Gasteiger partial charge in [0.25, 0.3) is 0 Å². The van der Waals surface area contributed by atoms with Crippen LogP contribution in [0.4, 0.5) is 18.9 Å². The Labute approximate surface area is 154 Å². The van der Waals surface area contributed by atoms with Crippen LogP contribution in [0.15, 0.2) is 53.3 Å². The molecule has 0 aliphatic carbocycles. The van der Waals surface area contributed by atoms with E-state index in [9.17, 15) is 18.0 Å². The first-order valence-corrected chi connectivity index (χ1v) is 9.11. The summed E-state index contributed by atoms with van der Waals surface area (Å²) in [6.07, 6.45) is -1.56. The lowest BCUT2D eigenvalue weighted by Crippen LogP contribution is -2.15. The van der Waals surface area contributed by atoms with Gasteiger partial charge in [-0.15, -0.1) is 11.3 Å². The number of pyridine rings is 1. The lowest BCUT2D eigenvalue weighted by molar-refractivity contribution is -0.141. The Bertz CT molecular complexity index is 886. The molecule has 3 aromatic rings. The van der Waals surface area contributed by atoms with Gasteiger partial charge in [-0.3, -0.25) is 9.78 Å². The summed E-state index contributed by atoms with van der Waals surface area (Å²) >= 11 is 2.12. The molecule has 0 bridgehead atoms. The van der Waals surface area contributed by atoms with Gasteiger partial charge in [0.1, 0.15) is 5.69 Å². The number of anilines is 1. The summed E-state index contributed by atoms with van der Waals surface area (Å²) in [7, 11) is 0. The van der Waals surface area contributed by atoms with Crippen molar-refractivity contribution in [3.8, 4) is 10.6 Å². The number of nitrogens with one attached hydrogen (secondary N) is 1. The van der Waals surface area contributed by atoms with Crippen molar-refractivity contribution in [1.82, 2.24) is 15.0 Å². The van der Waals surface area contributed by atoms with E-state index in [1.807, 2.05) is 0 Å². The number of hydrogen-bond acceptors (Lipinski definition) is 6. The SMILES string of the molecule is O=C(CSc1nc(-c2cccs2)cc(C(F)(F)F)n1)Nc1cccnc1. The Kier molecular flexibility index (Phi) is 5.52. The van der Waals surface area contributed by atoms with E-state index >= 15 is 0 Å². The summed E-state index contributed by atoms with van der Waals surface area (Å²) in [5, 5.41) is 4.24. The van der Waals surface area contributed by atoms with E-state index in [-0.39, 0.29) is 22.5 Å². The third-order valence-corrected chi connectivity index (χ3v) is 4.79. The van der Waals surface area contributed by atoms with Crippen molar-refractivity contribution in [3.05, 3.63) is 53.8 Å². The number of thiophene rings is 1. The predicted octanol–water partition coefficient (Wildman–Crippen LogP) is 4.35.